The van der Waals surface area contributed by atoms with E-state index in [2.05, 4.69) is 10.5 Å². The number of rotatable bonds is 5. The van der Waals surface area contributed by atoms with Crippen LogP contribution in [0.25, 0.3) is 0 Å². The number of carbonyl (C=O) groups excluding carboxylic acids is 1. The molecule has 1 heterocycles. The van der Waals surface area contributed by atoms with Gasteiger partial charge in [-0.2, -0.15) is 0 Å². The molecule has 0 aliphatic rings. The number of amides is 1. The highest BCUT2D eigenvalue weighted by molar-refractivity contribution is 5.92. The second-order valence-electron chi connectivity index (χ2n) is 6.34. The number of carboxylic acids is 1. The van der Waals surface area contributed by atoms with Crippen molar-refractivity contribution in [1.29, 1.82) is 0 Å². The van der Waals surface area contributed by atoms with E-state index in [-0.39, 0.29) is 17.7 Å². The largest absolute Gasteiger partial charge is 0.481 e. The van der Waals surface area contributed by atoms with Crippen molar-refractivity contribution in [3.05, 3.63) is 53.4 Å². The van der Waals surface area contributed by atoms with Crippen molar-refractivity contribution in [1.82, 2.24) is 10.5 Å². The van der Waals surface area contributed by atoms with E-state index < -0.39 is 17.8 Å². The highest BCUT2D eigenvalue weighted by Crippen LogP contribution is 2.22. The summed E-state index contributed by atoms with van der Waals surface area (Å²) in [5.41, 5.74) is 0.530. The summed E-state index contributed by atoms with van der Waals surface area (Å²) in [4.78, 5) is 23.5. The Bertz CT molecular complexity index is 686. The van der Waals surface area contributed by atoms with E-state index in [1.807, 2.05) is 26.8 Å². The lowest BCUT2D eigenvalue weighted by molar-refractivity contribution is -0.138. The molecule has 0 radical (unpaired) electrons. The van der Waals surface area contributed by atoms with Gasteiger partial charge in [-0.3, -0.25) is 9.59 Å². The van der Waals surface area contributed by atoms with E-state index >= 15 is 0 Å². The molecule has 0 aliphatic carbocycles. The van der Waals surface area contributed by atoms with Crippen LogP contribution in [0.2, 0.25) is 0 Å². The summed E-state index contributed by atoms with van der Waals surface area (Å²) in [6, 6.07) is 10.4. The zero-order valence-electron chi connectivity index (χ0n) is 13.4. The Hall–Kier alpha value is -2.63. The molecule has 0 fully saturated rings. The van der Waals surface area contributed by atoms with Crippen molar-refractivity contribution in [2.75, 3.05) is 6.54 Å². The van der Waals surface area contributed by atoms with Gasteiger partial charge in [0.1, 0.15) is 5.76 Å². The SMILES string of the molecule is CC(C)(C)c1cc(C(=O)NCC(C(=O)O)c2ccccc2)no1. The standard InChI is InChI=1S/C17H20N2O4/c1-17(2,3)14-9-13(19-23-14)15(20)18-10-12(16(21)22)11-7-5-4-6-8-11/h4-9,12H,10H2,1-3H3,(H,18,20)(H,21,22). The zero-order valence-corrected chi connectivity index (χ0v) is 13.4. The van der Waals surface area contributed by atoms with Gasteiger partial charge in [-0.25, -0.2) is 0 Å². The fourth-order valence-corrected chi connectivity index (χ4v) is 2.05. The monoisotopic (exact) mass is 316 g/mol. The molecular formula is C17H20N2O4. The number of benzene rings is 1. The highest BCUT2D eigenvalue weighted by atomic mass is 16.5. The number of nitrogens with one attached hydrogen (secondary N) is 1. The van der Waals surface area contributed by atoms with Crippen LogP contribution < -0.4 is 5.32 Å². The average molecular weight is 316 g/mol. The third kappa shape index (κ3) is 4.18. The molecule has 2 N–H and O–H groups in total. The number of aliphatic carboxylic acids is 1. The van der Waals surface area contributed by atoms with Crippen molar-refractivity contribution in [2.24, 2.45) is 0 Å². The molecule has 0 saturated heterocycles. The minimum Gasteiger partial charge on any atom is -0.481 e. The quantitative estimate of drug-likeness (QED) is 0.884. The van der Waals surface area contributed by atoms with Crippen LogP contribution in [0.4, 0.5) is 0 Å². The van der Waals surface area contributed by atoms with Crippen molar-refractivity contribution >= 4 is 11.9 Å². The van der Waals surface area contributed by atoms with Gasteiger partial charge >= 0.3 is 5.97 Å². The van der Waals surface area contributed by atoms with E-state index in [1.54, 1.807) is 30.3 Å². The van der Waals surface area contributed by atoms with Gasteiger partial charge in [0.25, 0.3) is 5.91 Å². The minimum absolute atomic E-state index is 0.0180. The van der Waals surface area contributed by atoms with Crippen LogP contribution in [-0.4, -0.2) is 28.7 Å². The predicted molar refractivity (Wildman–Crippen MR) is 84.4 cm³/mol. The first-order valence-corrected chi connectivity index (χ1v) is 7.32. The first kappa shape index (κ1) is 16.7. The molecule has 2 rings (SSSR count). The third-order valence-corrected chi connectivity index (χ3v) is 3.45. The van der Waals surface area contributed by atoms with Gasteiger partial charge in [0, 0.05) is 18.0 Å². The Labute approximate surface area is 134 Å². The van der Waals surface area contributed by atoms with Gasteiger partial charge in [0.05, 0.1) is 5.92 Å². The Kier molecular flexibility index (Phi) is 4.83. The summed E-state index contributed by atoms with van der Waals surface area (Å²) in [5.74, 6) is -1.66. The summed E-state index contributed by atoms with van der Waals surface area (Å²) >= 11 is 0. The second-order valence-corrected chi connectivity index (χ2v) is 6.34. The second kappa shape index (κ2) is 6.64. The molecule has 2 aromatic rings. The molecule has 0 spiro atoms. The summed E-state index contributed by atoms with van der Waals surface area (Å²) in [5, 5.41) is 15.7. The Morgan fingerprint density at radius 3 is 2.43 bits per heavy atom. The summed E-state index contributed by atoms with van der Waals surface area (Å²) < 4.78 is 5.16. The number of hydrogen-bond donors (Lipinski definition) is 2. The Balaban J connectivity index is 2.05. The lowest BCUT2D eigenvalue weighted by atomic mass is 9.93. The Morgan fingerprint density at radius 1 is 1.26 bits per heavy atom. The summed E-state index contributed by atoms with van der Waals surface area (Å²) in [7, 11) is 0. The van der Waals surface area contributed by atoms with Crippen molar-refractivity contribution < 1.29 is 19.2 Å². The van der Waals surface area contributed by atoms with Gasteiger partial charge in [-0.15, -0.1) is 0 Å². The van der Waals surface area contributed by atoms with Crippen LogP contribution in [0.15, 0.2) is 40.9 Å². The molecule has 0 saturated carbocycles. The van der Waals surface area contributed by atoms with Gasteiger partial charge in [0.15, 0.2) is 5.69 Å². The third-order valence-electron chi connectivity index (χ3n) is 3.45. The van der Waals surface area contributed by atoms with Crippen LogP contribution in [0.1, 0.15) is 48.5 Å². The van der Waals surface area contributed by atoms with Crippen molar-refractivity contribution in [3.8, 4) is 0 Å². The molecule has 1 atom stereocenters. The summed E-state index contributed by atoms with van der Waals surface area (Å²) in [6.07, 6.45) is 0. The molecular weight excluding hydrogens is 296 g/mol. The first-order valence-electron chi connectivity index (χ1n) is 7.32. The Morgan fingerprint density at radius 2 is 1.91 bits per heavy atom. The van der Waals surface area contributed by atoms with Crippen molar-refractivity contribution in [2.45, 2.75) is 32.1 Å². The zero-order chi connectivity index (χ0) is 17.0. The number of hydrogen-bond acceptors (Lipinski definition) is 4. The lowest BCUT2D eigenvalue weighted by Gasteiger charge is -2.13. The van der Waals surface area contributed by atoms with E-state index in [1.165, 1.54) is 0 Å². The van der Waals surface area contributed by atoms with Gasteiger partial charge < -0.3 is 14.9 Å². The molecule has 0 aliphatic heterocycles. The van der Waals surface area contributed by atoms with E-state index in [9.17, 15) is 14.7 Å². The van der Waals surface area contributed by atoms with E-state index in [0.717, 1.165) is 0 Å². The van der Waals surface area contributed by atoms with Crippen LogP contribution >= 0.6 is 0 Å². The predicted octanol–water partition coefficient (Wildman–Crippen LogP) is 2.57. The fraction of sp³-hybridized carbons (Fsp3) is 0.353. The van der Waals surface area contributed by atoms with Crippen LogP contribution in [0, 0.1) is 0 Å². The maximum atomic E-state index is 12.1. The maximum Gasteiger partial charge on any atom is 0.312 e. The normalized spacial score (nSPS) is 12.7. The molecule has 122 valence electrons. The molecule has 6 nitrogen and oxygen atoms in total. The van der Waals surface area contributed by atoms with Gasteiger partial charge in [0.2, 0.25) is 0 Å². The topological polar surface area (TPSA) is 92.4 Å². The molecule has 6 heteroatoms. The highest BCUT2D eigenvalue weighted by Gasteiger charge is 2.24. The number of aromatic nitrogens is 1. The van der Waals surface area contributed by atoms with Crippen LogP contribution in [0.3, 0.4) is 0 Å². The number of nitrogens with zero attached hydrogens (tertiary/aromatic N) is 1. The van der Waals surface area contributed by atoms with Gasteiger partial charge in [-0.05, 0) is 5.56 Å². The lowest BCUT2D eigenvalue weighted by Crippen LogP contribution is -2.31. The van der Waals surface area contributed by atoms with E-state index in [4.69, 9.17) is 4.52 Å². The fourth-order valence-electron chi connectivity index (χ4n) is 2.05. The van der Waals surface area contributed by atoms with Crippen LogP contribution in [-0.2, 0) is 10.2 Å². The smallest absolute Gasteiger partial charge is 0.312 e. The molecule has 1 unspecified atom stereocenters. The molecule has 1 aromatic carbocycles. The summed E-state index contributed by atoms with van der Waals surface area (Å²) in [6.45, 7) is 5.83. The number of carbonyl (C=O) groups is 2. The molecule has 0 bridgehead atoms. The van der Waals surface area contributed by atoms with Gasteiger partial charge in [-0.1, -0.05) is 56.3 Å². The molecule has 1 aromatic heterocycles. The van der Waals surface area contributed by atoms with Crippen LogP contribution in [0.5, 0.6) is 0 Å². The van der Waals surface area contributed by atoms with Crippen molar-refractivity contribution in [3.63, 3.8) is 0 Å². The molecule has 23 heavy (non-hydrogen) atoms. The average Bonchev–Trinajstić information content (AvgIpc) is 2.98. The minimum atomic E-state index is -0.993. The molecule has 1 amide bonds. The first-order chi connectivity index (χ1) is 10.8. The van der Waals surface area contributed by atoms with E-state index in [0.29, 0.717) is 11.3 Å². The number of carboxylic acid groups (broad SMARTS) is 1. The maximum absolute atomic E-state index is 12.1.